The van der Waals surface area contributed by atoms with Crippen LogP contribution < -0.4 is 9.62 Å². The van der Waals surface area contributed by atoms with Gasteiger partial charge in [0.25, 0.3) is 0 Å². The number of hydrogen-bond acceptors (Lipinski definition) is 4. The van der Waals surface area contributed by atoms with Crippen molar-refractivity contribution in [3.8, 4) is 0 Å². The number of rotatable bonds is 5. The van der Waals surface area contributed by atoms with Gasteiger partial charge in [0.2, 0.25) is 15.9 Å². The van der Waals surface area contributed by atoms with Gasteiger partial charge < -0.3 is 10.2 Å². The number of benzene rings is 1. The maximum Gasteiger partial charge on any atom is 0.243 e. The highest BCUT2D eigenvalue weighted by Gasteiger charge is 2.31. The van der Waals surface area contributed by atoms with Gasteiger partial charge in [0.15, 0.2) is 11.6 Å². The summed E-state index contributed by atoms with van der Waals surface area (Å²) in [6.07, 6.45) is 2.48. The Morgan fingerprint density at radius 2 is 1.88 bits per heavy atom. The molecule has 1 heterocycles. The third kappa shape index (κ3) is 4.88. The van der Waals surface area contributed by atoms with Crippen LogP contribution in [0.5, 0.6) is 0 Å². The van der Waals surface area contributed by atoms with E-state index in [1.54, 1.807) is 0 Å². The number of nitrogens with one attached hydrogen (secondary N) is 1. The minimum atomic E-state index is -3.87. The van der Waals surface area contributed by atoms with Gasteiger partial charge >= 0.3 is 0 Å². The van der Waals surface area contributed by atoms with Crippen molar-refractivity contribution < 1.29 is 22.0 Å². The third-order valence-electron chi connectivity index (χ3n) is 4.31. The Morgan fingerprint density at radius 1 is 1.28 bits per heavy atom. The first-order valence-electron chi connectivity index (χ1n) is 8.03. The number of carbonyl (C=O) groups excluding carboxylic acids is 1. The van der Waals surface area contributed by atoms with Crippen LogP contribution in [0.15, 0.2) is 18.2 Å². The summed E-state index contributed by atoms with van der Waals surface area (Å²) >= 11 is 0. The Balaban J connectivity index is 2.19. The molecule has 2 rings (SSSR count). The van der Waals surface area contributed by atoms with Gasteiger partial charge in [-0.1, -0.05) is 0 Å². The molecule has 0 bridgehead atoms. The highest BCUT2D eigenvalue weighted by atomic mass is 32.2. The van der Waals surface area contributed by atoms with Crippen molar-refractivity contribution >= 4 is 21.6 Å². The summed E-state index contributed by atoms with van der Waals surface area (Å²) in [4.78, 5) is 14.7. The van der Waals surface area contributed by atoms with Gasteiger partial charge in [-0.15, -0.1) is 0 Å². The molecular formula is C16H23F2N3O3S. The number of halogens is 2. The molecule has 0 radical (unpaired) electrons. The zero-order valence-corrected chi connectivity index (χ0v) is 15.3. The predicted octanol–water partition coefficient (Wildman–Crippen LogP) is 1.33. The molecule has 1 aromatic carbocycles. The Bertz CT molecular complexity index is 734. The molecule has 0 saturated carbocycles. The second-order valence-corrected chi connectivity index (χ2v) is 8.28. The highest BCUT2D eigenvalue weighted by molar-refractivity contribution is 7.92. The van der Waals surface area contributed by atoms with E-state index in [9.17, 15) is 22.0 Å². The molecule has 1 fully saturated rings. The Labute approximate surface area is 146 Å². The zero-order chi connectivity index (χ0) is 18.8. The number of carbonyl (C=O) groups is 1. The minimum Gasteiger partial charge on any atom is -0.351 e. The van der Waals surface area contributed by atoms with Crippen LogP contribution in [0.25, 0.3) is 0 Å². The van der Waals surface area contributed by atoms with Crippen LogP contribution in [0.3, 0.4) is 0 Å². The topological polar surface area (TPSA) is 69.7 Å². The Kier molecular flexibility index (Phi) is 5.99. The molecule has 1 aliphatic rings. The van der Waals surface area contributed by atoms with Gasteiger partial charge in [-0.05, 0) is 52.0 Å². The zero-order valence-electron chi connectivity index (χ0n) is 14.5. The summed E-state index contributed by atoms with van der Waals surface area (Å²) in [5.41, 5.74) is -0.0903. The first kappa shape index (κ1) is 19.6. The van der Waals surface area contributed by atoms with Crippen LogP contribution in [0.4, 0.5) is 14.5 Å². The molecule has 1 atom stereocenters. The first-order valence-corrected chi connectivity index (χ1v) is 9.88. The maximum absolute atomic E-state index is 13.5. The molecule has 1 aromatic rings. The second-order valence-electron chi connectivity index (χ2n) is 6.42. The SMILES string of the molecule is C[C@H](C(=O)NC1CCN(C)CC1)N(c1ccc(F)c(F)c1)S(C)(=O)=O. The van der Waals surface area contributed by atoms with E-state index >= 15 is 0 Å². The molecule has 0 unspecified atom stereocenters. The van der Waals surface area contributed by atoms with Crippen molar-refractivity contribution in [2.75, 3.05) is 30.7 Å². The number of piperidine rings is 1. The summed E-state index contributed by atoms with van der Waals surface area (Å²) in [6.45, 7) is 3.11. The van der Waals surface area contributed by atoms with Crippen molar-refractivity contribution in [2.45, 2.75) is 31.8 Å². The quantitative estimate of drug-likeness (QED) is 0.843. The Hall–Kier alpha value is -1.74. The van der Waals surface area contributed by atoms with Crippen molar-refractivity contribution in [1.29, 1.82) is 0 Å². The first-order chi connectivity index (χ1) is 11.6. The lowest BCUT2D eigenvalue weighted by atomic mass is 10.1. The van der Waals surface area contributed by atoms with E-state index in [0.29, 0.717) is 0 Å². The number of sulfonamides is 1. The molecule has 140 valence electrons. The largest absolute Gasteiger partial charge is 0.351 e. The molecule has 0 aromatic heterocycles. The van der Waals surface area contributed by atoms with Crippen LogP contribution in [-0.2, 0) is 14.8 Å². The van der Waals surface area contributed by atoms with Gasteiger partial charge in [0, 0.05) is 12.1 Å². The maximum atomic E-state index is 13.5. The van der Waals surface area contributed by atoms with Gasteiger partial charge in [0.1, 0.15) is 6.04 Å². The molecule has 6 nitrogen and oxygen atoms in total. The van der Waals surface area contributed by atoms with E-state index in [0.717, 1.165) is 54.7 Å². The van der Waals surface area contributed by atoms with Crippen LogP contribution in [0.1, 0.15) is 19.8 Å². The van der Waals surface area contributed by atoms with Gasteiger partial charge in [-0.2, -0.15) is 0 Å². The summed E-state index contributed by atoms with van der Waals surface area (Å²) in [7, 11) is -1.87. The summed E-state index contributed by atoms with van der Waals surface area (Å²) in [6, 6.07) is 1.64. The van der Waals surface area contributed by atoms with Crippen LogP contribution >= 0.6 is 0 Å². The van der Waals surface area contributed by atoms with E-state index in [1.165, 1.54) is 6.92 Å². The van der Waals surface area contributed by atoms with E-state index < -0.39 is 33.6 Å². The molecular weight excluding hydrogens is 352 g/mol. The lowest BCUT2D eigenvalue weighted by molar-refractivity contribution is -0.122. The van der Waals surface area contributed by atoms with Crippen LogP contribution in [0, 0.1) is 11.6 Å². The molecule has 1 N–H and O–H groups in total. The summed E-state index contributed by atoms with van der Waals surface area (Å²) in [5.74, 6) is -2.72. The van der Waals surface area contributed by atoms with Crippen molar-refractivity contribution in [3.05, 3.63) is 29.8 Å². The monoisotopic (exact) mass is 375 g/mol. The smallest absolute Gasteiger partial charge is 0.243 e. The molecule has 1 amide bonds. The molecule has 0 spiro atoms. The molecule has 25 heavy (non-hydrogen) atoms. The number of hydrogen-bond donors (Lipinski definition) is 1. The average molecular weight is 375 g/mol. The lowest BCUT2D eigenvalue weighted by Crippen LogP contribution is -2.52. The fraction of sp³-hybridized carbons (Fsp3) is 0.562. The molecule has 1 saturated heterocycles. The third-order valence-corrected chi connectivity index (χ3v) is 5.55. The standard InChI is InChI=1S/C16H23F2N3O3S/c1-11(16(22)19-12-6-8-20(2)9-7-12)21(25(3,23)24)13-4-5-14(17)15(18)10-13/h4-5,10-12H,6-9H2,1-3H3,(H,19,22)/t11-/m1/s1. The van der Waals surface area contributed by atoms with E-state index in [4.69, 9.17) is 0 Å². The van der Waals surface area contributed by atoms with Crippen molar-refractivity contribution in [1.82, 2.24) is 10.2 Å². The number of likely N-dealkylation sites (tertiary alicyclic amines) is 1. The minimum absolute atomic E-state index is 0.0301. The van der Waals surface area contributed by atoms with Crippen molar-refractivity contribution in [3.63, 3.8) is 0 Å². The number of anilines is 1. The van der Waals surface area contributed by atoms with Gasteiger partial charge in [-0.25, -0.2) is 17.2 Å². The summed E-state index contributed by atoms with van der Waals surface area (Å²) in [5, 5.41) is 2.85. The predicted molar refractivity (Wildman–Crippen MR) is 91.8 cm³/mol. The van der Waals surface area contributed by atoms with Crippen LogP contribution in [0.2, 0.25) is 0 Å². The van der Waals surface area contributed by atoms with Crippen LogP contribution in [-0.4, -0.2) is 57.7 Å². The van der Waals surface area contributed by atoms with E-state index in [1.807, 2.05) is 7.05 Å². The second kappa shape index (κ2) is 7.65. The fourth-order valence-electron chi connectivity index (χ4n) is 2.91. The van der Waals surface area contributed by atoms with Gasteiger partial charge in [0.05, 0.1) is 11.9 Å². The average Bonchev–Trinajstić information content (AvgIpc) is 2.51. The van der Waals surface area contributed by atoms with E-state index in [2.05, 4.69) is 10.2 Å². The van der Waals surface area contributed by atoms with Gasteiger partial charge in [-0.3, -0.25) is 9.10 Å². The molecule has 1 aliphatic heterocycles. The molecule has 9 heteroatoms. The highest BCUT2D eigenvalue weighted by Crippen LogP contribution is 2.23. The van der Waals surface area contributed by atoms with Crippen molar-refractivity contribution in [2.24, 2.45) is 0 Å². The Morgan fingerprint density at radius 3 is 2.40 bits per heavy atom. The van der Waals surface area contributed by atoms with E-state index in [-0.39, 0.29) is 11.7 Å². The number of nitrogens with zero attached hydrogens (tertiary/aromatic N) is 2. The normalized spacial score (nSPS) is 18.0. The fourth-order valence-corrected chi connectivity index (χ4v) is 4.07. The summed E-state index contributed by atoms with van der Waals surface area (Å²) < 4.78 is 51.7. The number of amides is 1. The lowest BCUT2D eigenvalue weighted by Gasteiger charge is -2.33. The molecule has 0 aliphatic carbocycles.